The molecule has 1 fully saturated rings. The third-order valence-electron chi connectivity index (χ3n) is 4.29. The Bertz CT molecular complexity index is 532. The van der Waals surface area contributed by atoms with Crippen LogP contribution in [-0.4, -0.2) is 23.9 Å². The molecule has 3 aliphatic rings. The first-order valence-electron chi connectivity index (χ1n) is 8.04. The summed E-state index contributed by atoms with van der Waals surface area (Å²) in [6.07, 6.45) is 17.9. The Hall–Kier alpha value is -2.10. The SMILES string of the molecule is O=C1NC(CC2=CCCC=C2)C(=O)NC1CC1=CCCC=C1. The fraction of sp³-hybridized carbons (Fsp3) is 0.444. The fourth-order valence-corrected chi connectivity index (χ4v) is 3.07. The van der Waals surface area contributed by atoms with Gasteiger partial charge in [-0.15, -0.1) is 0 Å². The highest BCUT2D eigenvalue weighted by atomic mass is 16.2. The molecule has 116 valence electrons. The number of hydrogen-bond donors (Lipinski definition) is 2. The van der Waals surface area contributed by atoms with Crippen molar-refractivity contribution in [1.29, 1.82) is 0 Å². The van der Waals surface area contributed by atoms with Crippen LogP contribution in [0.15, 0.2) is 47.6 Å². The van der Waals surface area contributed by atoms with E-state index in [4.69, 9.17) is 0 Å². The monoisotopic (exact) mass is 298 g/mol. The van der Waals surface area contributed by atoms with E-state index in [0.717, 1.165) is 36.8 Å². The minimum absolute atomic E-state index is 0.0788. The van der Waals surface area contributed by atoms with E-state index in [1.54, 1.807) is 0 Å². The van der Waals surface area contributed by atoms with Crippen molar-refractivity contribution in [2.45, 2.75) is 50.6 Å². The van der Waals surface area contributed by atoms with Gasteiger partial charge in [-0.1, -0.05) is 36.5 Å². The van der Waals surface area contributed by atoms with Crippen LogP contribution in [0.2, 0.25) is 0 Å². The van der Waals surface area contributed by atoms with E-state index in [1.807, 2.05) is 12.2 Å². The van der Waals surface area contributed by atoms with Crippen LogP contribution < -0.4 is 10.6 Å². The van der Waals surface area contributed by atoms with E-state index in [-0.39, 0.29) is 11.8 Å². The molecule has 4 nitrogen and oxygen atoms in total. The Balaban J connectivity index is 1.59. The maximum absolute atomic E-state index is 12.3. The molecule has 1 aliphatic heterocycles. The molecule has 1 saturated heterocycles. The minimum Gasteiger partial charge on any atom is -0.342 e. The molecule has 2 amide bonds. The fourth-order valence-electron chi connectivity index (χ4n) is 3.07. The van der Waals surface area contributed by atoms with Gasteiger partial charge in [-0.2, -0.15) is 0 Å². The average molecular weight is 298 g/mol. The molecule has 0 bridgehead atoms. The zero-order valence-corrected chi connectivity index (χ0v) is 12.7. The number of carbonyl (C=O) groups is 2. The van der Waals surface area contributed by atoms with Crippen molar-refractivity contribution in [3.63, 3.8) is 0 Å². The molecular weight excluding hydrogens is 276 g/mol. The molecule has 2 N–H and O–H groups in total. The summed E-state index contributed by atoms with van der Waals surface area (Å²) in [6.45, 7) is 0. The van der Waals surface area contributed by atoms with E-state index in [9.17, 15) is 9.59 Å². The molecule has 2 unspecified atom stereocenters. The lowest BCUT2D eigenvalue weighted by Crippen LogP contribution is -2.61. The molecule has 2 atom stereocenters. The summed E-state index contributed by atoms with van der Waals surface area (Å²) in [5, 5.41) is 5.75. The molecule has 0 radical (unpaired) electrons. The normalized spacial score (nSPS) is 27.8. The highest BCUT2D eigenvalue weighted by molar-refractivity contribution is 5.97. The van der Waals surface area contributed by atoms with Crippen LogP contribution in [-0.2, 0) is 9.59 Å². The van der Waals surface area contributed by atoms with Gasteiger partial charge >= 0.3 is 0 Å². The van der Waals surface area contributed by atoms with Crippen LogP contribution >= 0.6 is 0 Å². The van der Waals surface area contributed by atoms with Gasteiger partial charge in [-0.05, 0) is 36.8 Å². The van der Waals surface area contributed by atoms with Crippen LogP contribution in [0.4, 0.5) is 0 Å². The lowest BCUT2D eigenvalue weighted by atomic mass is 9.95. The topological polar surface area (TPSA) is 58.2 Å². The van der Waals surface area contributed by atoms with Gasteiger partial charge in [0.1, 0.15) is 12.1 Å². The molecular formula is C18H22N2O2. The van der Waals surface area contributed by atoms with E-state index in [2.05, 4.69) is 34.9 Å². The number of piperazine rings is 1. The molecule has 4 heteroatoms. The molecule has 2 aliphatic carbocycles. The molecule has 0 spiro atoms. The third kappa shape index (κ3) is 3.56. The summed E-state index contributed by atoms with van der Waals surface area (Å²) in [5.41, 5.74) is 2.26. The van der Waals surface area contributed by atoms with E-state index in [1.165, 1.54) is 0 Å². The van der Waals surface area contributed by atoms with Crippen molar-refractivity contribution < 1.29 is 9.59 Å². The van der Waals surface area contributed by atoms with Crippen LogP contribution in [0.3, 0.4) is 0 Å². The summed E-state index contributed by atoms with van der Waals surface area (Å²) < 4.78 is 0. The van der Waals surface area contributed by atoms with Gasteiger partial charge < -0.3 is 10.6 Å². The van der Waals surface area contributed by atoms with Gasteiger partial charge in [0.15, 0.2) is 0 Å². The second-order valence-corrected chi connectivity index (χ2v) is 6.05. The Morgan fingerprint density at radius 2 is 1.23 bits per heavy atom. The van der Waals surface area contributed by atoms with Crippen LogP contribution in [0.1, 0.15) is 38.5 Å². The Kier molecular flexibility index (Phi) is 4.56. The zero-order valence-electron chi connectivity index (χ0n) is 12.7. The summed E-state index contributed by atoms with van der Waals surface area (Å²) in [7, 11) is 0. The first-order valence-corrected chi connectivity index (χ1v) is 8.04. The largest absolute Gasteiger partial charge is 0.342 e. The lowest BCUT2D eigenvalue weighted by Gasteiger charge is -2.30. The summed E-state index contributed by atoms with van der Waals surface area (Å²) in [6, 6.07) is -0.901. The van der Waals surface area contributed by atoms with Crippen molar-refractivity contribution in [1.82, 2.24) is 10.6 Å². The number of nitrogens with one attached hydrogen (secondary N) is 2. The van der Waals surface area contributed by atoms with E-state index < -0.39 is 12.1 Å². The van der Waals surface area contributed by atoms with E-state index >= 15 is 0 Å². The Labute approximate surface area is 131 Å². The molecule has 3 rings (SSSR count). The van der Waals surface area contributed by atoms with Crippen molar-refractivity contribution in [2.24, 2.45) is 0 Å². The van der Waals surface area contributed by atoms with Crippen molar-refractivity contribution in [3.05, 3.63) is 47.6 Å². The standard InChI is InChI=1S/C18H22N2O2/c21-17-15(11-13-7-3-1-4-8-13)19-18(22)16(20-17)12-14-9-5-2-6-10-14/h3,5,7-10,15-16H,1-2,4,6,11-12H2,(H,19,22)(H,20,21). The highest BCUT2D eigenvalue weighted by Crippen LogP contribution is 2.19. The summed E-state index contributed by atoms with van der Waals surface area (Å²) in [4.78, 5) is 24.5. The predicted molar refractivity (Wildman–Crippen MR) is 86.0 cm³/mol. The smallest absolute Gasteiger partial charge is 0.243 e. The van der Waals surface area contributed by atoms with Crippen LogP contribution in [0.5, 0.6) is 0 Å². The summed E-state index contributed by atoms with van der Waals surface area (Å²) >= 11 is 0. The van der Waals surface area contributed by atoms with Gasteiger partial charge in [-0.3, -0.25) is 9.59 Å². The second-order valence-electron chi connectivity index (χ2n) is 6.05. The Morgan fingerprint density at radius 3 is 1.59 bits per heavy atom. The van der Waals surface area contributed by atoms with Gasteiger partial charge in [0, 0.05) is 12.8 Å². The molecule has 0 saturated carbocycles. The minimum atomic E-state index is -0.450. The average Bonchev–Trinajstić information content (AvgIpc) is 2.54. The Morgan fingerprint density at radius 1 is 0.773 bits per heavy atom. The van der Waals surface area contributed by atoms with Gasteiger partial charge in [-0.25, -0.2) is 0 Å². The first-order chi connectivity index (χ1) is 10.7. The van der Waals surface area contributed by atoms with Crippen molar-refractivity contribution in [2.75, 3.05) is 0 Å². The number of rotatable bonds is 4. The maximum atomic E-state index is 12.3. The predicted octanol–water partition coefficient (Wildman–Crippen LogP) is 2.30. The lowest BCUT2D eigenvalue weighted by molar-refractivity contribution is -0.136. The van der Waals surface area contributed by atoms with Crippen LogP contribution in [0, 0.1) is 0 Å². The number of amides is 2. The first kappa shape index (κ1) is 14.8. The molecule has 0 aromatic heterocycles. The highest BCUT2D eigenvalue weighted by Gasteiger charge is 2.33. The molecule has 0 aromatic carbocycles. The maximum Gasteiger partial charge on any atom is 0.243 e. The number of carbonyl (C=O) groups excluding carboxylic acids is 2. The zero-order chi connectivity index (χ0) is 15.4. The van der Waals surface area contributed by atoms with Gasteiger partial charge in [0.05, 0.1) is 0 Å². The number of allylic oxidation sites excluding steroid dienone is 6. The quantitative estimate of drug-likeness (QED) is 0.836. The van der Waals surface area contributed by atoms with Crippen molar-refractivity contribution in [3.8, 4) is 0 Å². The third-order valence-corrected chi connectivity index (χ3v) is 4.29. The van der Waals surface area contributed by atoms with Gasteiger partial charge in [0.2, 0.25) is 11.8 Å². The van der Waals surface area contributed by atoms with E-state index in [0.29, 0.717) is 12.8 Å². The van der Waals surface area contributed by atoms with Crippen molar-refractivity contribution >= 4 is 11.8 Å². The summed E-state index contributed by atoms with van der Waals surface area (Å²) in [5.74, 6) is -0.158. The van der Waals surface area contributed by atoms with Crippen LogP contribution in [0.25, 0.3) is 0 Å². The van der Waals surface area contributed by atoms with Gasteiger partial charge in [0.25, 0.3) is 0 Å². The molecule has 1 heterocycles. The molecule has 22 heavy (non-hydrogen) atoms. The second kappa shape index (κ2) is 6.77. The molecule has 0 aromatic rings. The number of hydrogen-bond acceptors (Lipinski definition) is 2.